The molecule has 0 aliphatic carbocycles. The number of halogens is 1. The van der Waals surface area contributed by atoms with Crippen molar-refractivity contribution < 1.29 is 0 Å². The molecule has 0 radical (unpaired) electrons. The Kier molecular flexibility index (Phi) is 3.84. The van der Waals surface area contributed by atoms with Crippen molar-refractivity contribution in [2.24, 2.45) is 0 Å². The van der Waals surface area contributed by atoms with E-state index in [0.29, 0.717) is 11.4 Å². The van der Waals surface area contributed by atoms with Gasteiger partial charge in [0.15, 0.2) is 0 Å². The summed E-state index contributed by atoms with van der Waals surface area (Å²) in [6.45, 7) is 1.68. The van der Waals surface area contributed by atoms with Crippen molar-refractivity contribution >= 4 is 22.7 Å². The van der Waals surface area contributed by atoms with Crippen molar-refractivity contribution in [2.45, 2.75) is 6.92 Å². The molecule has 4 nitrogen and oxygen atoms in total. The van der Waals surface area contributed by atoms with E-state index in [2.05, 4.69) is 9.97 Å². The molecule has 2 aromatic rings. The average molecular weight is 282 g/mol. The highest BCUT2D eigenvalue weighted by Crippen LogP contribution is 2.16. The molecule has 0 unspecified atom stereocenters. The maximum absolute atomic E-state index is 11.1. The Balaban J connectivity index is 0.00000128. The molecular formula is C11H12BrN3O. The van der Waals surface area contributed by atoms with Crippen LogP contribution in [-0.4, -0.2) is 9.97 Å². The predicted octanol–water partition coefficient (Wildman–Crippen LogP) is 1.91. The van der Waals surface area contributed by atoms with Gasteiger partial charge in [-0.3, -0.25) is 4.79 Å². The van der Waals surface area contributed by atoms with Crippen molar-refractivity contribution in [3.05, 3.63) is 46.5 Å². The van der Waals surface area contributed by atoms with Gasteiger partial charge in [0, 0.05) is 17.4 Å². The Hall–Kier alpha value is -1.62. The van der Waals surface area contributed by atoms with Crippen LogP contribution in [0.5, 0.6) is 0 Å². The molecule has 0 saturated carbocycles. The van der Waals surface area contributed by atoms with Gasteiger partial charge >= 0.3 is 0 Å². The number of benzene rings is 1. The summed E-state index contributed by atoms with van der Waals surface area (Å²) in [5, 5.41) is 0. The van der Waals surface area contributed by atoms with Crippen molar-refractivity contribution in [1.29, 1.82) is 0 Å². The minimum absolute atomic E-state index is 0. The Labute approximate surface area is 103 Å². The molecular weight excluding hydrogens is 270 g/mol. The Bertz CT molecular complexity index is 534. The Morgan fingerprint density at radius 3 is 2.44 bits per heavy atom. The molecule has 0 saturated heterocycles. The molecule has 1 aromatic carbocycles. The van der Waals surface area contributed by atoms with Crippen molar-refractivity contribution in [3.63, 3.8) is 0 Å². The topological polar surface area (TPSA) is 71.8 Å². The zero-order chi connectivity index (χ0) is 10.8. The number of aromatic nitrogens is 2. The van der Waals surface area contributed by atoms with Crippen LogP contribution >= 0.6 is 17.0 Å². The van der Waals surface area contributed by atoms with Gasteiger partial charge in [0.2, 0.25) is 0 Å². The van der Waals surface area contributed by atoms with E-state index in [4.69, 9.17) is 5.73 Å². The molecule has 84 valence electrons. The second-order valence-corrected chi connectivity index (χ2v) is 3.32. The third kappa shape index (κ3) is 2.49. The zero-order valence-electron chi connectivity index (χ0n) is 8.73. The summed E-state index contributed by atoms with van der Waals surface area (Å²) >= 11 is 0. The van der Waals surface area contributed by atoms with Gasteiger partial charge in [-0.15, -0.1) is 17.0 Å². The molecule has 1 aromatic heterocycles. The van der Waals surface area contributed by atoms with Crippen LogP contribution in [0, 0.1) is 6.92 Å². The molecule has 16 heavy (non-hydrogen) atoms. The second kappa shape index (κ2) is 4.94. The molecule has 0 atom stereocenters. The van der Waals surface area contributed by atoms with Crippen LogP contribution < -0.4 is 11.3 Å². The summed E-state index contributed by atoms with van der Waals surface area (Å²) in [6, 6.07) is 7.35. The standard InChI is InChI=1S/C11H11N3O.BrH/c1-7-11(15)13-6-10(14-7)8-2-4-9(12)5-3-8;/h2-6H,12H2,1H3,(H,13,15);1H. The van der Waals surface area contributed by atoms with Gasteiger partial charge in [-0.25, -0.2) is 4.98 Å². The van der Waals surface area contributed by atoms with Gasteiger partial charge in [-0.05, 0) is 19.1 Å². The third-order valence-corrected chi connectivity index (χ3v) is 2.16. The van der Waals surface area contributed by atoms with E-state index in [1.807, 2.05) is 12.1 Å². The molecule has 0 fully saturated rings. The van der Waals surface area contributed by atoms with Crippen LogP contribution in [0.25, 0.3) is 11.3 Å². The number of nitrogens with one attached hydrogen (secondary N) is 1. The van der Waals surface area contributed by atoms with Gasteiger partial charge in [0.1, 0.15) is 5.69 Å². The van der Waals surface area contributed by atoms with E-state index in [-0.39, 0.29) is 22.5 Å². The van der Waals surface area contributed by atoms with E-state index in [1.165, 1.54) is 0 Å². The smallest absolute Gasteiger partial charge is 0.269 e. The average Bonchev–Trinajstić information content (AvgIpc) is 2.23. The van der Waals surface area contributed by atoms with Crippen LogP contribution in [0.15, 0.2) is 35.3 Å². The number of nitrogens with zero attached hydrogens (tertiary/aromatic N) is 1. The largest absolute Gasteiger partial charge is 0.399 e. The van der Waals surface area contributed by atoms with Gasteiger partial charge in [0.25, 0.3) is 5.56 Å². The molecule has 5 heteroatoms. The highest BCUT2D eigenvalue weighted by Gasteiger charge is 2.01. The Morgan fingerprint density at radius 1 is 1.25 bits per heavy atom. The number of anilines is 1. The van der Waals surface area contributed by atoms with Crippen LogP contribution in [0.4, 0.5) is 5.69 Å². The lowest BCUT2D eigenvalue weighted by molar-refractivity contribution is 1.07. The zero-order valence-corrected chi connectivity index (χ0v) is 10.4. The molecule has 0 aliphatic heterocycles. The molecule has 0 amide bonds. The predicted molar refractivity (Wildman–Crippen MR) is 69.8 cm³/mol. The van der Waals surface area contributed by atoms with E-state index in [0.717, 1.165) is 11.3 Å². The molecule has 0 bridgehead atoms. The summed E-state index contributed by atoms with van der Waals surface area (Å²) in [5.74, 6) is 0. The first-order chi connectivity index (χ1) is 7.16. The van der Waals surface area contributed by atoms with Gasteiger partial charge in [-0.1, -0.05) is 12.1 Å². The number of hydrogen-bond acceptors (Lipinski definition) is 3. The number of rotatable bonds is 1. The first-order valence-corrected chi connectivity index (χ1v) is 4.59. The SMILES string of the molecule is Br.Cc1nc(-c2ccc(N)cc2)c[nH]c1=O. The number of nitrogen functional groups attached to an aromatic ring is 1. The summed E-state index contributed by atoms with van der Waals surface area (Å²) < 4.78 is 0. The Morgan fingerprint density at radius 2 is 1.88 bits per heavy atom. The molecule has 0 aliphatic rings. The van der Waals surface area contributed by atoms with Crippen LogP contribution in [0.3, 0.4) is 0 Å². The number of H-pyrrole nitrogens is 1. The lowest BCUT2D eigenvalue weighted by Gasteiger charge is -2.01. The minimum Gasteiger partial charge on any atom is -0.399 e. The van der Waals surface area contributed by atoms with Crippen molar-refractivity contribution in [2.75, 3.05) is 5.73 Å². The number of hydrogen-bond donors (Lipinski definition) is 2. The summed E-state index contributed by atoms with van der Waals surface area (Å²) in [5.41, 5.74) is 8.27. The first kappa shape index (κ1) is 12.4. The molecule has 0 spiro atoms. The van der Waals surface area contributed by atoms with E-state index < -0.39 is 0 Å². The fraction of sp³-hybridized carbons (Fsp3) is 0.0909. The van der Waals surface area contributed by atoms with E-state index >= 15 is 0 Å². The number of nitrogens with two attached hydrogens (primary N) is 1. The van der Waals surface area contributed by atoms with Crippen LogP contribution in [-0.2, 0) is 0 Å². The maximum atomic E-state index is 11.1. The first-order valence-electron chi connectivity index (χ1n) is 4.59. The summed E-state index contributed by atoms with van der Waals surface area (Å²) in [6.07, 6.45) is 1.60. The fourth-order valence-electron chi connectivity index (χ4n) is 1.30. The third-order valence-electron chi connectivity index (χ3n) is 2.16. The monoisotopic (exact) mass is 281 g/mol. The lowest BCUT2D eigenvalue weighted by atomic mass is 10.1. The lowest BCUT2D eigenvalue weighted by Crippen LogP contribution is -2.11. The van der Waals surface area contributed by atoms with Gasteiger partial charge in [-0.2, -0.15) is 0 Å². The quantitative estimate of drug-likeness (QED) is 0.785. The van der Waals surface area contributed by atoms with E-state index in [9.17, 15) is 4.79 Å². The molecule has 1 heterocycles. The van der Waals surface area contributed by atoms with E-state index in [1.54, 1.807) is 25.3 Å². The van der Waals surface area contributed by atoms with Crippen LogP contribution in [0.2, 0.25) is 0 Å². The van der Waals surface area contributed by atoms with Crippen molar-refractivity contribution in [3.8, 4) is 11.3 Å². The molecule has 2 rings (SSSR count). The second-order valence-electron chi connectivity index (χ2n) is 3.32. The minimum atomic E-state index is -0.158. The highest BCUT2D eigenvalue weighted by atomic mass is 79.9. The number of aromatic amines is 1. The van der Waals surface area contributed by atoms with Gasteiger partial charge in [0.05, 0.1) is 5.69 Å². The summed E-state index contributed by atoms with van der Waals surface area (Å²) in [4.78, 5) is 17.9. The molecule has 3 N–H and O–H groups in total. The maximum Gasteiger partial charge on any atom is 0.269 e. The van der Waals surface area contributed by atoms with Gasteiger partial charge < -0.3 is 10.7 Å². The van der Waals surface area contributed by atoms with Crippen molar-refractivity contribution in [1.82, 2.24) is 9.97 Å². The fourth-order valence-corrected chi connectivity index (χ4v) is 1.30. The normalized spacial score (nSPS) is 9.56. The highest BCUT2D eigenvalue weighted by molar-refractivity contribution is 8.93. The number of aryl methyl sites for hydroxylation is 1. The summed E-state index contributed by atoms with van der Waals surface area (Å²) in [7, 11) is 0. The van der Waals surface area contributed by atoms with Crippen LogP contribution in [0.1, 0.15) is 5.69 Å².